The molecule has 4 heteroatoms. The number of hydrogen-bond acceptors (Lipinski definition) is 2. The van der Waals surface area contributed by atoms with Crippen LogP contribution in [-0.4, -0.2) is 21.4 Å². The van der Waals surface area contributed by atoms with Crippen molar-refractivity contribution in [1.29, 1.82) is 0 Å². The molecule has 0 aliphatic heterocycles. The molecule has 3 aromatic rings. The molecule has 0 saturated carbocycles. The average molecular weight is 297 g/mol. The molecular weight excluding hydrogens is 282 g/mol. The normalized spacial score (nSPS) is 10.9. The molecule has 0 bridgehead atoms. The summed E-state index contributed by atoms with van der Waals surface area (Å²) >= 11 is 1.77. The fraction of sp³-hybridized carbons (Fsp3) is 0.118. The zero-order chi connectivity index (χ0) is 14.7. The number of aromatic carboxylic acids is 1. The zero-order valence-electron chi connectivity index (χ0n) is 11.4. The molecule has 0 spiro atoms. The Morgan fingerprint density at radius 1 is 1.05 bits per heavy atom. The van der Waals surface area contributed by atoms with E-state index in [4.69, 9.17) is 0 Å². The van der Waals surface area contributed by atoms with Crippen molar-refractivity contribution in [3.63, 3.8) is 0 Å². The lowest BCUT2D eigenvalue weighted by molar-refractivity contribution is 0.0698. The molecule has 0 atom stereocenters. The summed E-state index contributed by atoms with van der Waals surface area (Å²) in [5.74, 6) is 0.0260. The molecule has 0 radical (unpaired) electrons. The molecule has 0 unspecified atom stereocenters. The number of nitrogens with zero attached hydrogens (tertiary/aromatic N) is 1. The molecule has 1 heterocycles. The fourth-order valence-corrected chi connectivity index (χ4v) is 3.27. The van der Waals surface area contributed by atoms with Gasteiger partial charge in [0.1, 0.15) is 0 Å². The maximum Gasteiger partial charge on any atom is 0.337 e. The minimum Gasteiger partial charge on any atom is -0.478 e. The van der Waals surface area contributed by atoms with E-state index in [1.165, 1.54) is 4.90 Å². The number of hydrogen-bond donors (Lipinski definition) is 1. The number of para-hydroxylation sites is 1. The van der Waals surface area contributed by atoms with Crippen molar-refractivity contribution in [2.24, 2.45) is 0 Å². The van der Waals surface area contributed by atoms with Gasteiger partial charge in [0, 0.05) is 28.8 Å². The summed E-state index contributed by atoms with van der Waals surface area (Å²) in [6.07, 6.45) is 1.96. The van der Waals surface area contributed by atoms with Gasteiger partial charge in [0.15, 0.2) is 0 Å². The van der Waals surface area contributed by atoms with Crippen LogP contribution < -0.4 is 0 Å². The Bertz CT molecular complexity index is 765. The van der Waals surface area contributed by atoms with Crippen LogP contribution in [0.15, 0.2) is 65.7 Å². The van der Waals surface area contributed by atoms with Gasteiger partial charge in [-0.1, -0.05) is 30.3 Å². The van der Waals surface area contributed by atoms with E-state index < -0.39 is 5.97 Å². The molecule has 1 aromatic heterocycles. The largest absolute Gasteiger partial charge is 0.478 e. The Hall–Kier alpha value is -2.20. The third kappa shape index (κ3) is 2.95. The van der Waals surface area contributed by atoms with E-state index in [9.17, 15) is 9.90 Å². The summed E-state index contributed by atoms with van der Waals surface area (Å²) in [4.78, 5) is 12.6. The van der Waals surface area contributed by atoms with Crippen LogP contribution in [0.5, 0.6) is 0 Å². The molecule has 1 N–H and O–H groups in total. The Morgan fingerprint density at radius 3 is 2.62 bits per heavy atom. The number of aryl methyl sites for hydroxylation is 1. The smallest absolute Gasteiger partial charge is 0.337 e. The Kier molecular flexibility index (Phi) is 3.97. The van der Waals surface area contributed by atoms with Crippen LogP contribution in [0.25, 0.3) is 10.9 Å². The van der Waals surface area contributed by atoms with Gasteiger partial charge < -0.3 is 9.67 Å². The molecule has 0 fully saturated rings. The fourth-order valence-electron chi connectivity index (χ4n) is 2.40. The molecule has 2 aromatic carbocycles. The standard InChI is InChI=1S/C17H15NO2S/c19-17(20)15-8-4-5-13-9-10-18(16(13)15)11-12-21-14-6-2-1-3-7-14/h1-10H,11-12H2,(H,19,20). The van der Waals surface area contributed by atoms with Crippen LogP contribution in [0.4, 0.5) is 0 Å². The third-order valence-electron chi connectivity index (χ3n) is 3.36. The van der Waals surface area contributed by atoms with Crippen LogP contribution in [0.1, 0.15) is 10.4 Å². The van der Waals surface area contributed by atoms with E-state index in [0.29, 0.717) is 5.56 Å². The van der Waals surface area contributed by atoms with Crippen molar-refractivity contribution < 1.29 is 9.90 Å². The van der Waals surface area contributed by atoms with E-state index >= 15 is 0 Å². The Labute approximate surface area is 127 Å². The molecule has 21 heavy (non-hydrogen) atoms. The second-order valence-electron chi connectivity index (χ2n) is 4.72. The lowest BCUT2D eigenvalue weighted by Crippen LogP contribution is -2.04. The summed E-state index contributed by atoms with van der Waals surface area (Å²) in [7, 11) is 0. The monoisotopic (exact) mass is 297 g/mol. The molecule has 0 amide bonds. The van der Waals surface area contributed by atoms with Gasteiger partial charge in [0.05, 0.1) is 11.1 Å². The molecular formula is C17H15NO2S. The number of aromatic nitrogens is 1. The topological polar surface area (TPSA) is 42.2 Å². The molecule has 0 aliphatic rings. The first-order valence-corrected chi connectivity index (χ1v) is 7.73. The van der Waals surface area contributed by atoms with Gasteiger partial charge in [-0.05, 0) is 24.3 Å². The lowest BCUT2D eigenvalue weighted by Gasteiger charge is -2.07. The molecule has 106 valence electrons. The lowest BCUT2D eigenvalue weighted by atomic mass is 10.1. The van der Waals surface area contributed by atoms with Gasteiger partial charge in [-0.25, -0.2) is 4.79 Å². The molecule has 0 saturated heterocycles. The second-order valence-corrected chi connectivity index (χ2v) is 5.89. The second kappa shape index (κ2) is 6.06. The number of carbonyl (C=O) groups is 1. The summed E-state index contributed by atoms with van der Waals surface area (Å²) in [6.45, 7) is 0.785. The summed E-state index contributed by atoms with van der Waals surface area (Å²) in [5.41, 5.74) is 1.17. The van der Waals surface area contributed by atoms with Gasteiger partial charge in [0.25, 0.3) is 0 Å². The summed E-state index contributed by atoms with van der Waals surface area (Å²) in [6, 6.07) is 17.6. The maximum atomic E-state index is 11.3. The Morgan fingerprint density at radius 2 is 1.86 bits per heavy atom. The first kappa shape index (κ1) is 13.8. The van der Waals surface area contributed by atoms with Crippen molar-refractivity contribution in [2.75, 3.05) is 5.75 Å². The molecule has 3 nitrogen and oxygen atoms in total. The molecule has 0 aliphatic carbocycles. The average Bonchev–Trinajstić information content (AvgIpc) is 2.91. The quantitative estimate of drug-likeness (QED) is 0.720. The minimum atomic E-state index is -0.878. The SMILES string of the molecule is O=C(O)c1cccc2ccn(CCSc3ccccc3)c12. The van der Waals surface area contributed by atoms with Crippen LogP contribution >= 0.6 is 11.8 Å². The third-order valence-corrected chi connectivity index (χ3v) is 4.36. The molecule has 3 rings (SSSR count). The first-order chi connectivity index (χ1) is 10.3. The van der Waals surface area contributed by atoms with E-state index in [1.807, 2.05) is 41.1 Å². The van der Waals surface area contributed by atoms with Crippen molar-refractivity contribution in [3.8, 4) is 0 Å². The van der Waals surface area contributed by atoms with Crippen molar-refractivity contribution in [2.45, 2.75) is 11.4 Å². The Balaban J connectivity index is 1.80. The van der Waals surface area contributed by atoms with Crippen molar-refractivity contribution in [3.05, 3.63) is 66.4 Å². The van der Waals surface area contributed by atoms with E-state index in [-0.39, 0.29) is 0 Å². The maximum absolute atomic E-state index is 11.3. The number of rotatable bonds is 5. The summed E-state index contributed by atoms with van der Waals surface area (Å²) in [5, 5.41) is 10.3. The highest BCUT2D eigenvalue weighted by atomic mass is 32.2. The van der Waals surface area contributed by atoms with Crippen LogP contribution in [0.2, 0.25) is 0 Å². The highest BCUT2D eigenvalue weighted by Gasteiger charge is 2.11. The number of carboxylic acids is 1. The highest BCUT2D eigenvalue weighted by molar-refractivity contribution is 7.99. The number of carboxylic acid groups (broad SMARTS) is 1. The van der Waals surface area contributed by atoms with Crippen molar-refractivity contribution >= 4 is 28.6 Å². The van der Waals surface area contributed by atoms with Crippen molar-refractivity contribution in [1.82, 2.24) is 4.57 Å². The number of benzene rings is 2. The van der Waals surface area contributed by atoms with Crippen LogP contribution in [-0.2, 0) is 6.54 Å². The predicted octanol–water partition coefficient (Wildman–Crippen LogP) is 4.13. The predicted molar refractivity (Wildman–Crippen MR) is 86.1 cm³/mol. The van der Waals surface area contributed by atoms with Crippen LogP contribution in [0.3, 0.4) is 0 Å². The highest BCUT2D eigenvalue weighted by Crippen LogP contribution is 2.22. The van der Waals surface area contributed by atoms with Gasteiger partial charge in [-0.2, -0.15) is 0 Å². The van der Waals surface area contributed by atoms with E-state index in [1.54, 1.807) is 23.9 Å². The summed E-state index contributed by atoms with van der Waals surface area (Å²) < 4.78 is 2.02. The van der Waals surface area contributed by atoms with Gasteiger partial charge >= 0.3 is 5.97 Å². The number of thioether (sulfide) groups is 1. The van der Waals surface area contributed by atoms with Gasteiger partial charge in [-0.15, -0.1) is 11.8 Å². The number of fused-ring (bicyclic) bond motifs is 1. The van der Waals surface area contributed by atoms with Gasteiger partial charge in [0.2, 0.25) is 0 Å². The van der Waals surface area contributed by atoms with E-state index in [0.717, 1.165) is 23.2 Å². The zero-order valence-corrected chi connectivity index (χ0v) is 12.2. The van der Waals surface area contributed by atoms with E-state index in [2.05, 4.69) is 12.1 Å². The van der Waals surface area contributed by atoms with Crippen LogP contribution in [0, 0.1) is 0 Å². The van der Waals surface area contributed by atoms with Gasteiger partial charge in [-0.3, -0.25) is 0 Å². The first-order valence-electron chi connectivity index (χ1n) is 6.75. The minimum absolute atomic E-state index is 0.363.